The van der Waals surface area contributed by atoms with Crippen LogP contribution in [-0.2, 0) is 14.4 Å². The Labute approximate surface area is 141 Å². The number of thiocarbonyl (C=S) groups is 1. The summed E-state index contributed by atoms with van der Waals surface area (Å²) in [5.74, 6) is -1.56. The van der Waals surface area contributed by atoms with Crippen LogP contribution in [0.5, 0.6) is 0 Å². The number of carbonyl (C=O) groups is 3. The molecule has 1 aliphatic rings. The summed E-state index contributed by atoms with van der Waals surface area (Å²) in [5, 5.41) is 15.5. The molecule has 24 heavy (non-hydrogen) atoms. The van der Waals surface area contributed by atoms with E-state index in [0.717, 1.165) is 0 Å². The van der Waals surface area contributed by atoms with Crippen LogP contribution in [0.2, 0.25) is 0 Å². The lowest BCUT2D eigenvalue weighted by Crippen LogP contribution is -2.27. The zero-order valence-electron chi connectivity index (χ0n) is 12.4. The summed E-state index contributed by atoms with van der Waals surface area (Å²) in [4.78, 5) is 46.5. The lowest BCUT2D eigenvalue weighted by molar-refractivity contribution is -0.384. The fourth-order valence-corrected chi connectivity index (χ4v) is 2.12. The molecule has 0 aromatic heterocycles. The zero-order valence-corrected chi connectivity index (χ0v) is 13.3. The smallest absolute Gasteiger partial charge is 0.269 e. The number of ketones is 1. The third-order valence-electron chi connectivity index (χ3n) is 3.07. The lowest BCUT2D eigenvalue weighted by atomic mass is 10.1. The first-order valence-corrected chi connectivity index (χ1v) is 7.08. The number of hydrogen-bond acceptors (Lipinski definition) is 6. The number of carbonyl (C=O) groups excluding carboxylic acids is 3. The monoisotopic (exact) mass is 348 g/mol. The van der Waals surface area contributed by atoms with Crippen LogP contribution in [-0.4, -0.2) is 39.1 Å². The fourth-order valence-electron chi connectivity index (χ4n) is 1.89. The summed E-state index contributed by atoms with van der Waals surface area (Å²) in [5.41, 5.74) is -0.0366. The second kappa shape index (κ2) is 6.96. The Morgan fingerprint density at radius 2 is 2.00 bits per heavy atom. The van der Waals surface area contributed by atoms with Gasteiger partial charge in [0, 0.05) is 24.0 Å². The molecule has 0 aliphatic carbocycles. The Kier molecular flexibility index (Phi) is 4.99. The van der Waals surface area contributed by atoms with Gasteiger partial charge >= 0.3 is 0 Å². The molecule has 9 nitrogen and oxygen atoms in total. The molecular weight excluding hydrogens is 336 g/mol. The van der Waals surface area contributed by atoms with E-state index in [2.05, 4.69) is 10.6 Å². The molecule has 0 spiro atoms. The van der Waals surface area contributed by atoms with Gasteiger partial charge in [-0.05, 0) is 31.3 Å². The fraction of sp³-hybridized carbons (Fsp3) is 0.143. The van der Waals surface area contributed by atoms with E-state index in [4.69, 9.17) is 12.2 Å². The van der Waals surface area contributed by atoms with Crippen molar-refractivity contribution in [1.29, 1.82) is 0 Å². The number of nitro groups is 1. The highest BCUT2D eigenvalue weighted by molar-refractivity contribution is 7.80. The Bertz CT molecular complexity index is 772. The Morgan fingerprint density at radius 1 is 1.38 bits per heavy atom. The first-order chi connectivity index (χ1) is 11.3. The summed E-state index contributed by atoms with van der Waals surface area (Å²) in [6.07, 6.45) is 1.20. The molecule has 1 saturated heterocycles. The number of anilines is 1. The Morgan fingerprint density at radius 3 is 2.46 bits per heavy atom. The van der Waals surface area contributed by atoms with Gasteiger partial charge in [0.15, 0.2) is 10.9 Å². The van der Waals surface area contributed by atoms with Crippen LogP contribution in [0.4, 0.5) is 11.4 Å². The molecule has 1 aromatic rings. The Balaban J connectivity index is 2.17. The van der Waals surface area contributed by atoms with Gasteiger partial charge in [0.05, 0.1) is 10.5 Å². The van der Waals surface area contributed by atoms with Gasteiger partial charge in [0.1, 0.15) is 6.54 Å². The lowest BCUT2D eigenvalue weighted by Gasteiger charge is -2.12. The zero-order chi connectivity index (χ0) is 17.9. The van der Waals surface area contributed by atoms with Crippen molar-refractivity contribution in [2.24, 2.45) is 0 Å². The van der Waals surface area contributed by atoms with Gasteiger partial charge in [-0.15, -0.1) is 0 Å². The van der Waals surface area contributed by atoms with Crippen molar-refractivity contribution in [3.05, 3.63) is 46.2 Å². The second-order valence-corrected chi connectivity index (χ2v) is 5.22. The molecule has 0 saturated carbocycles. The molecule has 0 unspecified atom stereocenters. The van der Waals surface area contributed by atoms with E-state index in [1.807, 2.05) is 0 Å². The van der Waals surface area contributed by atoms with Crippen molar-refractivity contribution in [3.63, 3.8) is 0 Å². The SMILES string of the molecule is CC(=O)/C(=C/N1CC(=O)NC1=S)C(=O)Nc1ccc([N+](=O)[O-])cc1. The predicted octanol–water partition coefficient (Wildman–Crippen LogP) is 0.723. The molecule has 0 atom stereocenters. The molecule has 10 heteroatoms. The van der Waals surface area contributed by atoms with Gasteiger partial charge in [-0.3, -0.25) is 24.5 Å². The number of rotatable bonds is 5. The van der Waals surface area contributed by atoms with Gasteiger partial charge in [0.2, 0.25) is 5.91 Å². The normalized spacial score (nSPS) is 14.4. The van der Waals surface area contributed by atoms with E-state index in [1.165, 1.54) is 42.3 Å². The van der Waals surface area contributed by atoms with Gasteiger partial charge in [0.25, 0.3) is 11.6 Å². The summed E-state index contributed by atoms with van der Waals surface area (Å²) in [7, 11) is 0. The summed E-state index contributed by atoms with van der Waals surface area (Å²) in [6.45, 7) is 1.12. The third-order valence-corrected chi connectivity index (χ3v) is 3.40. The molecule has 1 heterocycles. The number of non-ortho nitro benzene ring substituents is 1. The third kappa shape index (κ3) is 3.98. The highest BCUT2D eigenvalue weighted by atomic mass is 32.1. The van der Waals surface area contributed by atoms with Gasteiger partial charge in [-0.2, -0.15) is 0 Å². The second-order valence-electron chi connectivity index (χ2n) is 4.84. The maximum Gasteiger partial charge on any atom is 0.269 e. The molecule has 1 aromatic carbocycles. The number of amides is 2. The molecule has 2 rings (SSSR count). The van der Waals surface area contributed by atoms with Gasteiger partial charge in [-0.25, -0.2) is 0 Å². The highest BCUT2D eigenvalue weighted by Gasteiger charge is 2.25. The summed E-state index contributed by atoms with van der Waals surface area (Å²) >= 11 is 4.92. The van der Waals surface area contributed by atoms with Crippen LogP contribution in [0.1, 0.15) is 6.92 Å². The quantitative estimate of drug-likeness (QED) is 0.201. The largest absolute Gasteiger partial charge is 0.322 e. The molecule has 2 amide bonds. The van der Waals surface area contributed by atoms with Crippen LogP contribution in [0, 0.1) is 10.1 Å². The van der Waals surface area contributed by atoms with E-state index < -0.39 is 16.6 Å². The van der Waals surface area contributed by atoms with E-state index >= 15 is 0 Å². The molecule has 1 fully saturated rings. The van der Waals surface area contributed by atoms with Crippen LogP contribution >= 0.6 is 12.2 Å². The maximum absolute atomic E-state index is 12.2. The van der Waals surface area contributed by atoms with Crippen molar-refractivity contribution < 1.29 is 19.3 Å². The van der Waals surface area contributed by atoms with Crippen LogP contribution in [0.3, 0.4) is 0 Å². The minimum atomic E-state index is -0.710. The van der Waals surface area contributed by atoms with Gasteiger partial charge in [-0.1, -0.05) is 0 Å². The molecule has 1 aliphatic heterocycles. The maximum atomic E-state index is 12.2. The summed E-state index contributed by atoms with van der Waals surface area (Å²) in [6, 6.07) is 5.15. The van der Waals surface area contributed by atoms with E-state index in [1.54, 1.807) is 0 Å². The van der Waals surface area contributed by atoms with Crippen molar-refractivity contribution >= 4 is 46.3 Å². The first kappa shape index (κ1) is 17.2. The van der Waals surface area contributed by atoms with E-state index in [-0.39, 0.29) is 34.5 Å². The minimum absolute atomic E-state index is 0.0829. The number of nitro benzene ring substituents is 1. The number of hydrogen-bond donors (Lipinski definition) is 2. The first-order valence-electron chi connectivity index (χ1n) is 6.67. The number of Topliss-reactive ketones (excluding diaryl/α,β-unsaturated/α-hetero) is 1. The van der Waals surface area contributed by atoms with Crippen molar-refractivity contribution in [3.8, 4) is 0 Å². The van der Waals surface area contributed by atoms with Crippen LogP contribution in [0.15, 0.2) is 36.0 Å². The van der Waals surface area contributed by atoms with Gasteiger partial charge < -0.3 is 15.5 Å². The standard InChI is InChI=1S/C14H12N4O5S/c1-8(19)11(6-17-7-12(20)16-14(17)24)13(21)15-9-2-4-10(5-3-9)18(22)23/h2-6H,7H2,1H3,(H,15,21)(H,16,20,24)/b11-6-. The van der Waals surface area contributed by atoms with Crippen LogP contribution in [0.25, 0.3) is 0 Å². The van der Waals surface area contributed by atoms with E-state index in [0.29, 0.717) is 0 Å². The number of benzene rings is 1. The molecule has 2 N–H and O–H groups in total. The van der Waals surface area contributed by atoms with E-state index in [9.17, 15) is 24.5 Å². The highest BCUT2D eigenvalue weighted by Crippen LogP contribution is 2.16. The Hall–Kier alpha value is -3.14. The molecule has 124 valence electrons. The average molecular weight is 348 g/mol. The number of nitrogens with zero attached hydrogens (tertiary/aromatic N) is 2. The van der Waals surface area contributed by atoms with Crippen LogP contribution < -0.4 is 10.6 Å². The number of nitrogens with one attached hydrogen (secondary N) is 2. The molecule has 0 radical (unpaired) electrons. The predicted molar refractivity (Wildman–Crippen MR) is 87.9 cm³/mol. The topological polar surface area (TPSA) is 122 Å². The summed E-state index contributed by atoms with van der Waals surface area (Å²) < 4.78 is 0. The average Bonchev–Trinajstić information content (AvgIpc) is 2.82. The molecule has 0 bridgehead atoms. The van der Waals surface area contributed by atoms with Crippen molar-refractivity contribution in [1.82, 2.24) is 10.2 Å². The molecular formula is C14H12N4O5S. The van der Waals surface area contributed by atoms with Crippen molar-refractivity contribution in [2.75, 3.05) is 11.9 Å². The minimum Gasteiger partial charge on any atom is -0.322 e. The van der Waals surface area contributed by atoms with Crippen molar-refractivity contribution in [2.45, 2.75) is 6.92 Å².